The number of ketones is 1. The molecule has 0 aliphatic rings. The maximum Gasteiger partial charge on any atom is 0.237 e. The van der Waals surface area contributed by atoms with Crippen molar-refractivity contribution in [2.24, 2.45) is 0 Å². The monoisotopic (exact) mass is 260 g/mol. The minimum absolute atomic E-state index is 0.0309. The van der Waals surface area contributed by atoms with E-state index in [0.717, 1.165) is 11.3 Å². The van der Waals surface area contributed by atoms with Gasteiger partial charge in [0.05, 0.1) is 13.0 Å². The summed E-state index contributed by atoms with van der Waals surface area (Å²) in [6, 6.07) is 7.39. The standard InChI is InChI=1S/C14H16N2O3/c1-4-12(9(2)17)14-15-13(16-19-14)10-6-5-7-11(8-10)18-3/h5-8,12H,4H2,1-3H3. The van der Waals surface area contributed by atoms with Gasteiger partial charge in [-0.3, -0.25) is 4.79 Å². The molecule has 1 aromatic heterocycles. The summed E-state index contributed by atoms with van der Waals surface area (Å²) >= 11 is 0. The van der Waals surface area contributed by atoms with E-state index < -0.39 is 0 Å². The van der Waals surface area contributed by atoms with E-state index >= 15 is 0 Å². The molecule has 0 radical (unpaired) electrons. The molecular weight excluding hydrogens is 244 g/mol. The zero-order chi connectivity index (χ0) is 13.8. The molecular formula is C14H16N2O3. The highest BCUT2D eigenvalue weighted by atomic mass is 16.5. The molecule has 0 fully saturated rings. The molecule has 5 heteroatoms. The highest BCUT2D eigenvalue weighted by molar-refractivity contribution is 5.82. The van der Waals surface area contributed by atoms with Crippen molar-refractivity contribution in [3.8, 4) is 17.1 Å². The van der Waals surface area contributed by atoms with Gasteiger partial charge in [0, 0.05) is 5.56 Å². The van der Waals surface area contributed by atoms with Gasteiger partial charge < -0.3 is 9.26 Å². The molecule has 5 nitrogen and oxygen atoms in total. The Hall–Kier alpha value is -2.17. The Morgan fingerprint density at radius 3 is 2.89 bits per heavy atom. The summed E-state index contributed by atoms with van der Waals surface area (Å²) in [6.45, 7) is 3.45. The highest BCUT2D eigenvalue weighted by Gasteiger charge is 2.22. The Morgan fingerprint density at radius 2 is 2.26 bits per heavy atom. The molecule has 0 saturated heterocycles. The summed E-state index contributed by atoms with van der Waals surface area (Å²) in [5.74, 6) is 1.26. The van der Waals surface area contributed by atoms with E-state index in [-0.39, 0.29) is 11.7 Å². The zero-order valence-electron chi connectivity index (χ0n) is 11.2. The molecule has 100 valence electrons. The van der Waals surface area contributed by atoms with E-state index in [2.05, 4.69) is 10.1 Å². The smallest absolute Gasteiger partial charge is 0.237 e. The number of aromatic nitrogens is 2. The maximum atomic E-state index is 11.5. The normalized spacial score (nSPS) is 12.2. The maximum absolute atomic E-state index is 11.5. The number of carbonyl (C=O) groups is 1. The van der Waals surface area contributed by atoms with Gasteiger partial charge in [0.15, 0.2) is 0 Å². The highest BCUT2D eigenvalue weighted by Crippen LogP contribution is 2.24. The molecule has 0 bridgehead atoms. The van der Waals surface area contributed by atoms with Crippen LogP contribution in [0.5, 0.6) is 5.75 Å². The number of hydrogen-bond donors (Lipinski definition) is 0. The summed E-state index contributed by atoms with van der Waals surface area (Å²) in [5.41, 5.74) is 0.799. The summed E-state index contributed by atoms with van der Waals surface area (Å²) in [7, 11) is 1.60. The van der Waals surface area contributed by atoms with E-state index in [0.29, 0.717) is 18.1 Å². The van der Waals surface area contributed by atoms with E-state index in [4.69, 9.17) is 9.26 Å². The lowest BCUT2D eigenvalue weighted by Gasteiger charge is -2.03. The van der Waals surface area contributed by atoms with E-state index in [1.165, 1.54) is 6.92 Å². The molecule has 1 aromatic carbocycles. The van der Waals surface area contributed by atoms with Crippen LogP contribution in [0.1, 0.15) is 32.1 Å². The zero-order valence-corrected chi connectivity index (χ0v) is 11.2. The van der Waals surface area contributed by atoms with Crippen molar-refractivity contribution in [1.82, 2.24) is 10.1 Å². The number of benzene rings is 1. The molecule has 2 aromatic rings. The second-order valence-electron chi connectivity index (χ2n) is 4.26. The molecule has 0 saturated carbocycles. The number of rotatable bonds is 5. The van der Waals surface area contributed by atoms with Crippen molar-refractivity contribution in [2.45, 2.75) is 26.2 Å². The van der Waals surface area contributed by atoms with Crippen molar-refractivity contribution in [3.63, 3.8) is 0 Å². The molecule has 0 amide bonds. The summed E-state index contributed by atoms with van der Waals surface area (Å²) < 4.78 is 10.3. The fourth-order valence-electron chi connectivity index (χ4n) is 1.89. The number of nitrogens with zero attached hydrogens (tertiary/aromatic N) is 2. The van der Waals surface area contributed by atoms with Crippen LogP contribution in [0, 0.1) is 0 Å². The van der Waals surface area contributed by atoms with Crippen LogP contribution in [-0.4, -0.2) is 23.0 Å². The van der Waals surface area contributed by atoms with Crippen LogP contribution in [0.4, 0.5) is 0 Å². The van der Waals surface area contributed by atoms with Crippen molar-refractivity contribution < 1.29 is 14.1 Å². The third kappa shape index (κ3) is 2.81. The Kier molecular flexibility index (Phi) is 3.94. The van der Waals surface area contributed by atoms with E-state index in [1.54, 1.807) is 7.11 Å². The first-order chi connectivity index (χ1) is 9.15. The number of carbonyl (C=O) groups excluding carboxylic acids is 1. The van der Waals surface area contributed by atoms with Crippen molar-refractivity contribution in [2.75, 3.05) is 7.11 Å². The molecule has 1 unspecified atom stereocenters. The second kappa shape index (κ2) is 5.65. The predicted octanol–water partition coefficient (Wildman–Crippen LogP) is 2.83. The van der Waals surface area contributed by atoms with Crippen molar-refractivity contribution in [1.29, 1.82) is 0 Å². The average molecular weight is 260 g/mol. The first kappa shape index (κ1) is 13.3. The first-order valence-electron chi connectivity index (χ1n) is 6.14. The topological polar surface area (TPSA) is 65.2 Å². The molecule has 0 aliphatic heterocycles. The van der Waals surface area contributed by atoms with Gasteiger partial charge in [-0.1, -0.05) is 24.2 Å². The van der Waals surface area contributed by atoms with E-state index in [1.807, 2.05) is 31.2 Å². The second-order valence-corrected chi connectivity index (χ2v) is 4.26. The lowest BCUT2D eigenvalue weighted by atomic mass is 10.0. The number of ether oxygens (including phenoxy) is 1. The summed E-state index contributed by atoms with van der Waals surface area (Å²) in [6.07, 6.45) is 0.648. The number of methoxy groups -OCH3 is 1. The van der Waals surface area contributed by atoms with Crippen LogP contribution in [0.25, 0.3) is 11.4 Å². The van der Waals surface area contributed by atoms with Crippen LogP contribution in [-0.2, 0) is 4.79 Å². The van der Waals surface area contributed by atoms with Gasteiger partial charge in [0.2, 0.25) is 11.7 Å². The molecule has 0 N–H and O–H groups in total. The van der Waals surface area contributed by atoms with Gasteiger partial charge in [0.1, 0.15) is 11.5 Å². The molecule has 1 atom stereocenters. The third-order valence-corrected chi connectivity index (χ3v) is 2.97. The van der Waals surface area contributed by atoms with Crippen LogP contribution >= 0.6 is 0 Å². The molecule has 1 heterocycles. The quantitative estimate of drug-likeness (QED) is 0.827. The summed E-state index contributed by atoms with van der Waals surface area (Å²) in [4.78, 5) is 15.8. The first-order valence-corrected chi connectivity index (χ1v) is 6.14. The Bertz CT molecular complexity index is 578. The third-order valence-electron chi connectivity index (χ3n) is 2.97. The Labute approximate surface area is 111 Å². The number of hydrogen-bond acceptors (Lipinski definition) is 5. The van der Waals surface area contributed by atoms with Crippen molar-refractivity contribution in [3.05, 3.63) is 30.2 Å². The Morgan fingerprint density at radius 1 is 1.47 bits per heavy atom. The van der Waals surface area contributed by atoms with E-state index in [9.17, 15) is 4.79 Å². The van der Waals surface area contributed by atoms with Gasteiger partial charge in [-0.05, 0) is 25.5 Å². The fraction of sp³-hybridized carbons (Fsp3) is 0.357. The van der Waals surface area contributed by atoms with Gasteiger partial charge >= 0.3 is 0 Å². The van der Waals surface area contributed by atoms with Gasteiger partial charge in [-0.15, -0.1) is 0 Å². The van der Waals surface area contributed by atoms with Gasteiger partial charge in [0.25, 0.3) is 0 Å². The fourth-order valence-corrected chi connectivity index (χ4v) is 1.89. The molecule has 0 aliphatic carbocycles. The number of Topliss-reactive ketones (excluding diaryl/α,β-unsaturated/α-hetero) is 1. The minimum Gasteiger partial charge on any atom is -0.497 e. The van der Waals surface area contributed by atoms with Gasteiger partial charge in [-0.2, -0.15) is 4.98 Å². The Balaban J connectivity index is 2.32. The molecule has 19 heavy (non-hydrogen) atoms. The minimum atomic E-state index is -0.327. The van der Waals surface area contributed by atoms with Crippen LogP contribution in [0.3, 0.4) is 0 Å². The van der Waals surface area contributed by atoms with Crippen LogP contribution < -0.4 is 4.74 Å². The predicted molar refractivity (Wildman–Crippen MR) is 70.0 cm³/mol. The van der Waals surface area contributed by atoms with Gasteiger partial charge in [-0.25, -0.2) is 0 Å². The average Bonchev–Trinajstić information content (AvgIpc) is 2.89. The lowest BCUT2D eigenvalue weighted by Crippen LogP contribution is -2.07. The summed E-state index contributed by atoms with van der Waals surface area (Å²) in [5, 5.41) is 3.92. The largest absolute Gasteiger partial charge is 0.497 e. The SMILES string of the molecule is CCC(C(C)=O)c1nc(-c2cccc(OC)c2)no1. The van der Waals surface area contributed by atoms with Crippen LogP contribution in [0.2, 0.25) is 0 Å². The lowest BCUT2D eigenvalue weighted by molar-refractivity contribution is -0.119. The molecule has 0 spiro atoms. The molecule has 2 rings (SSSR count). The van der Waals surface area contributed by atoms with Crippen molar-refractivity contribution >= 4 is 5.78 Å². The van der Waals surface area contributed by atoms with Crippen LogP contribution in [0.15, 0.2) is 28.8 Å².